The van der Waals surface area contributed by atoms with Crippen LogP contribution >= 0.6 is 15.9 Å². The van der Waals surface area contributed by atoms with Crippen molar-refractivity contribution < 1.29 is 9.18 Å². The molecule has 0 aliphatic rings. The summed E-state index contributed by atoms with van der Waals surface area (Å²) in [5, 5.41) is 0.855. The van der Waals surface area contributed by atoms with Gasteiger partial charge in [-0.2, -0.15) is 0 Å². The second-order valence-electron chi connectivity index (χ2n) is 4.36. The van der Waals surface area contributed by atoms with Crippen LogP contribution in [0.5, 0.6) is 0 Å². The molecular weight excluding hydrogens is 321 g/mol. The Hall–Kier alpha value is -2.07. The van der Waals surface area contributed by atoms with E-state index in [0.717, 1.165) is 10.9 Å². The van der Waals surface area contributed by atoms with Crippen LogP contribution in [0.4, 0.5) is 4.39 Å². The molecule has 3 rings (SSSR count). The van der Waals surface area contributed by atoms with E-state index in [9.17, 15) is 9.18 Å². The molecule has 98 valence electrons. The first kappa shape index (κ1) is 12.9. The zero-order valence-electron chi connectivity index (χ0n) is 10.3. The summed E-state index contributed by atoms with van der Waals surface area (Å²) in [5.74, 6) is -0.862. The highest BCUT2D eigenvalue weighted by atomic mass is 79.9. The van der Waals surface area contributed by atoms with Crippen LogP contribution in [0.1, 0.15) is 15.9 Å². The third-order valence-corrected chi connectivity index (χ3v) is 3.53. The van der Waals surface area contributed by atoms with Crippen LogP contribution in [0.15, 0.2) is 59.2 Å². The van der Waals surface area contributed by atoms with E-state index in [4.69, 9.17) is 0 Å². The van der Waals surface area contributed by atoms with Gasteiger partial charge in [-0.05, 0) is 42.5 Å². The van der Waals surface area contributed by atoms with E-state index >= 15 is 0 Å². The first-order valence-electron chi connectivity index (χ1n) is 6.00. The predicted octanol–water partition coefficient (Wildman–Crippen LogP) is 4.37. The van der Waals surface area contributed by atoms with Crippen LogP contribution in [0.2, 0.25) is 0 Å². The Morgan fingerprint density at radius 2 is 1.95 bits per heavy atom. The Morgan fingerprint density at radius 1 is 1.10 bits per heavy atom. The molecule has 0 spiro atoms. The maximum absolute atomic E-state index is 13.8. The first-order valence-corrected chi connectivity index (χ1v) is 6.79. The molecule has 3 aromatic rings. The van der Waals surface area contributed by atoms with Crippen LogP contribution in [0.3, 0.4) is 0 Å². The number of carbonyl (C=O) groups excluding carboxylic acids is 1. The summed E-state index contributed by atoms with van der Waals surface area (Å²) in [7, 11) is 0. The fraction of sp³-hybridized carbons (Fsp3) is 0. The van der Waals surface area contributed by atoms with Gasteiger partial charge < -0.3 is 0 Å². The van der Waals surface area contributed by atoms with Crippen molar-refractivity contribution >= 4 is 32.6 Å². The monoisotopic (exact) mass is 329 g/mol. The molecule has 20 heavy (non-hydrogen) atoms. The Morgan fingerprint density at radius 3 is 2.80 bits per heavy atom. The topological polar surface area (TPSA) is 30.0 Å². The summed E-state index contributed by atoms with van der Waals surface area (Å²) in [6.45, 7) is 0. The third-order valence-electron chi connectivity index (χ3n) is 3.04. The average molecular weight is 330 g/mol. The minimum Gasteiger partial charge on any atom is -0.288 e. The molecule has 0 bridgehead atoms. The van der Waals surface area contributed by atoms with E-state index < -0.39 is 5.82 Å². The Labute approximate surface area is 123 Å². The average Bonchev–Trinajstić information content (AvgIpc) is 2.48. The summed E-state index contributed by atoms with van der Waals surface area (Å²) >= 11 is 3.25. The third kappa shape index (κ3) is 2.34. The van der Waals surface area contributed by atoms with E-state index in [-0.39, 0.29) is 11.3 Å². The zero-order valence-corrected chi connectivity index (χ0v) is 11.9. The summed E-state index contributed by atoms with van der Waals surface area (Å²) in [6, 6.07) is 13.2. The standard InChI is InChI=1S/C16H9BrFNO/c17-12-4-5-14(18)13(9-12)16(20)11-3-6-15-10(8-11)2-1-7-19-15/h1-9H. The number of fused-ring (bicyclic) bond motifs is 1. The maximum Gasteiger partial charge on any atom is 0.196 e. The lowest BCUT2D eigenvalue weighted by Crippen LogP contribution is -2.04. The van der Waals surface area contributed by atoms with Crippen LogP contribution in [0.25, 0.3) is 10.9 Å². The number of nitrogens with zero attached hydrogens (tertiary/aromatic N) is 1. The molecule has 0 unspecified atom stereocenters. The van der Waals surface area contributed by atoms with Crippen LogP contribution in [-0.2, 0) is 0 Å². The van der Waals surface area contributed by atoms with Crippen molar-refractivity contribution in [1.82, 2.24) is 4.98 Å². The van der Waals surface area contributed by atoms with Crippen molar-refractivity contribution in [3.63, 3.8) is 0 Å². The van der Waals surface area contributed by atoms with E-state index in [1.807, 2.05) is 6.07 Å². The molecule has 0 aliphatic carbocycles. The van der Waals surface area contributed by atoms with Gasteiger partial charge in [-0.15, -0.1) is 0 Å². The lowest BCUT2D eigenvalue weighted by Gasteiger charge is -2.05. The highest BCUT2D eigenvalue weighted by Crippen LogP contribution is 2.21. The minimum atomic E-state index is -0.524. The largest absolute Gasteiger partial charge is 0.288 e. The fourth-order valence-electron chi connectivity index (χ4n) is 2.04. The summed E-state index contributed by atoms with van der Waals surface area (Å²) in [5.41, 5.74) is 1.31. The number of halogens is 2. The van der Waals surface area contributed by atoms with Crippen molar-refractivity contribution in [1.29, 1.82) is 0 Å². The molecular formula is C16H9BrFNO. The fourth-order valence-corrected chi connectivity index (χ4v) is 2.40. The van der Waals surface area contributed by atoms with Crippen molar-refractivity contribution in [2.75, 3.05) is 0 Å². The Kier molecular flexibility index (Phi) is 3.32. The molecule has 2 aromatic carbocycles. The lowest BCUT2D eigenvalue weighted by atomic mass is 10.0. The van der Waals surface area contributed by atoms with Gasteiger partial charge in [-0.3, -0.25) is 9.78 Å². The van der Waals surface area contributed by atoms with E-state index in [2.05, 4.69) is 20.9 Å². The second kappa shape index (κ2) is 5.13. The van der Waals surface area contributed by atoms with Crippen molar-refractivity contribution in [3.8, 4) is 0 Å². The SMILES string of the molecule is O=C(c1ccc2ncccc2c1)c1cc(Br)ccc1F. The molecule has 1 heterocycles. The molecule has 0 atom stereocenters. The highest BCUT2D eigenvalue weighted by Gasteiger charge is 2.14. The van der Waals surface area contributed by atoms with Crippen molar-refractivity contribution in [3.05, 3.63) is 76.1 Å². The van der Waals surface area contributed by atoms with Gasteiger partial charge in [0, 0.05) is 21.6 Å². The summed E-state index contributed by atoms with van der Waals surface area (Å²) in [4.78, 5) is 16.6. The van der Waals surface area contributed by atoms with Gasteiger partial charge >= 0.3 is 0 Å². The molecule has 0 aliphatic heterocycles. The molecule has 0 amide bonds. The van der Waals surface area contributed by atoms with Crippen LogP contribution in [0, 0.1) is 5.82 Å². The van der Waals surface area contributed by atoms with Crippen molar-refractivity contribution in [2.45, 2.75) is 0 Å². The maximum atomic E-state index is 13.8. The normalized spacial score (nSPS) is 10.7. The molecule has 0 saturated heterocycles. The summed E-state index contributed by atoms with van der Waals surface area (Å²) in [6.07, 6.45) is 1.69. The molecule has 0 saturated carbocycles. The molecule has 1 aromatic heterocycles. The van der Waals surface area contributed by atoms with E-state index in [0.29, 0.717) is 10.0 Å². The van der Waals surface area contributed by atoms with Gasteiger partial charge in [0.1, 0.15) is 5.82 Å². The molecule has 0 N–H and O–H groups in total. The van der Waals surface area contributed by atoms with Crippen LogP contribution < -0.4 is 0 Å². The minimum absolute atomic E-state index is 0.0580. The van der Waals surface area contributed by atoms with Crippen LogP contribution in [-0.4, -0.2) is 10.8 Å². The number of aromatic nitrogens is 1. The lowest BCUT2D eigenvalue weighted by molar-refractivity contribution is 0.103. The number of benzene rings is 2. The van der Waals surface area contributed by atoms with E-state index in [1.54, 1.807) is 36.5 Å². The number of hydrogen-bond acceptors (Lipinski definition) is 2. The van der Waals surface area contributed by atoms with Gasteiger partial charge in [0.25, 0.3) is 0 Å². The van der Waals surface area contributed by atoms with Gasteiger partial charge in [-0.25, -0.2) is 4.39 Å². The summed E-state index contributed by atoms with van der Waals surface area (Å²) < 4.78 is 14.4. The number of pyridine rings is 1. The molecule has 0 fully saturated rings. The van der Waals surface area contributed by atoms with Gasteiger partial charge in [0.05, 0.1) is 11.1 Å². The Bertz CT molecular complexity index is 816. The number of rotatable bonds is 2. The van der Waals surface area contributed by atoms with Gasteiger partial charge in [0.2, 0.25) is 0 Å². The number of hydrogen-bond donors (Lipinski definition) is 0. The predicted molar refractivity (Wildman–Crippen MR) is 79.3 cm³/mol. The van der Waals surface area contributed by atoms with E-state index in [1.165, 1.54) is 12.1 Å². The Balaban J connectivity index is 2.10. The number of ketones is 1. The zero-order chi connectivity index (χ0) is 14.1. The first-order chi connectivity index (χ1) is 9.65. The molecule has 0 radical (unpaired) electrons. The van der Waals surface area contributed by atoms with Gasteiger partial charge in [-0.1, -0.05) is 22.0 Å². The van der Waals surface area contributed by atoms with Crippen molar-refractivity contribution in [2.24, 2.45) is 0 Å². The van der Waals surface area contributed by atoms with Gasteiger partial charge in [0.15, 0.2) is 5.78 Å². The molecule has 4 heteroatoms. The highest BCUT2D eigenvalue weighted by molar-refractivity contribution is 9.10. The number of carbonyl (C=O) groups is 1. The molecule has 2 nitrogen and oxygen atoms in total. The second-order valence-corrected chi connectivity index (χ2v) is 5.28. The smallest absolute Gasteiger partial charge is 0.196 e. The quantitative estimate of drug-likeness (QED) is 0.653.